The molecule has 1 unspecified atom stereocenters. The number of nitrogens with one attached hydrogen (secondary N) is 2. The molecule has 1 aromatic carbocycles. The normalized spacial score (nSPS) is 13.2. The lowest BCUT2D eigenvalue weighted by molar-refractivity contribution is -0.155. The summed E-state index contributed by atoms with van der Waals surface area (Å²) in [7, 11) is 1.56. The van der Waals surface area contributed by atoms with Crippen LogP contribution in [0.25, 0.3) is 10.9 Å². The molecule has 0 fully saturated rings. The number of amides is 1. The van der Waals surface area contributed by atoms with Crippen LogP contribution in [0, 0.1) is 12.7 Å². The highest BCUT2D eigenvalue weighted by Gasteiger charge is 2.44. The fourth-order valence-corrected chi connectivity index (χ4v) is 2.76. The molecule has 132 valence electrons. The molecule has 0 spiro atoms. The molecule has 1 amide bonds. The van der Waals surface area contributed by atoms with Crippen LogP contribution in [0.4, 0.5) is 17.6 Å². The lowest BCUT2D eigenvalue weighted by atomic mass is 10.0. The lowest BCUT2D eigenvalue weighted by Crippen LogP contribution is -2.38. The van der Waals surface area contributed by atoms with Crippen LogP contribution in [0.2, 0.25) is 0 Å². The van der Waals surface area contributed by atoms with Gasteiger partial charge in [0.15, 0.2) is 11.7 Å². The molecule has 0 aliphatic carbocycles. The molecule has 0 saturated heterocycles. The molecule has 0 saturated carbocycles. The third-order valence-corrected chi connectivity index (χ3v) is 3.83. The number of aryl methyl sites for hydroxylation is 2. The fourth-order valence-electron chi connectivity index (χ4n) is 2.76. The highest BCUT2D eigenvalue weighted by molar-refractivity contribution is 5.94. The number of aromatic nitrogens is 3. The maximum atomic E-state index is 14.0. The summed E-state index contributed by atoms with van der Waals surface area (Å²) < 4.78 is 56.0. The Labute approximate surface area is 139 Å². The largest absolute Gasteiger partial charge is 0.412 e. The Bertz CT molecular complexity index is 941. The molecular weight excluding hydrogens is 340 g/mol. The number of rotatable bonds is 3. The van der Waals surface area contributed by atoms with Gasteiger partial charge >= 0.3 is 6.18 Å². The predicted octanol–water partition coefficient (Wildman–Crippen LogP) is 3.38. The van der Waals surface area contributed by atoms with Gasteiger partial charge in [0, 0.05) is 41.5 Å². The molecule has 1 atom stereocenters. The summed E-state index contributed by atoms with van der Waals surface area (Å²) in [6, 6.07) is 1.54. The number of benzene rings is 1. The first kappa shape index (κ1) is 17.0. The first-order valence-corrected chi connectivity index (χ1v) is 7.32. The van der Waals surface area contributed by atoms with E-state index in [1.54, 1.807) is 14.0 Å². The summed E-state index contributed by atoms with van der Waals surface area (Å²) in [6.07, 6.45) is -2.24. The molecule has 9 heteroatoms. The van der Waals surface area contributed by atoms with Gasteiger partial charge in [0.05, 0.1) is 0 Å². The lowest BCUT2D eigenvalue weighted by Gasteiger charge is -2.21. The molecule has 3 rings (SSSR count). The molecule has 0 radical (unpaired) electrons. The van der Waals surface area contributed by atoms with Crippen molar-refractivity contribution in [2.75, 3.05) is 0 Å². The monoisotopic (exact) mass is 354 g/mol. The van der Waals surface area contributed by atoms with Gasteiger partial charge in [-0.05, 0) is 19.1 Å². The average molecular weight is 354 g/mol. The summed E-state index contributed by atoms with van der Waals surface area (Å²) in [5.74, 6) is -1.78. The van der Waals surface area contributed by atoms with Crippen LogP contribution in [-0.4, -0.2) is 26.8 Å². The minimum absolute atomic E-state index is 0.114. The number of fused-ring (bicyclic) bond motifs is 1. The molecule has 0 bridgehead atoms. The Kier molecular flexibility index (Phi) is 4.02. The van der Waals surface area contributed by atoms with E-state index < -0.39 is 23.9 Å². The average Bonchev–Trinajstić information content (AvgIpc) is 3.07. The van der Waals surface area contributed by atoms with Gasteiger partial charge in [-0.3, -0.25) is 9.48 Å². The second-order valence-electron chi connectivity index (χ2n) is 5.69. The van der Waals surface area contributed by atoms with Gasteiger partial charge in [-0.15, -0.1) is 0 Å². The van der Waals surface area contributed by atoms with Crippen molar-refractivity contribution in [3.63, 3.8) is 0 Å². The van der Waals surface area contributed by atoms with Crippen LogP contribution in [0.1, 0.15) is 27.7 Å². The van der Waals surface area contributed by atoms with Crippen LogP contribution < -0.4 is 5.32 Å². The molecule has 0 aliphatic rings. The number of H-pyrrole nitrogens is 1. The standard InChI is InChI=1S/C16H14F4N4O/c1-8-7-24(2)23-13(8)15(25)22-14(16(18,19)20)9-6-21-11-5-3-4-10(17)12(9)11/h3-7,14,21H,1-2H3,(H,22,25). The van der Waals surface area contributed by atoms with Crippen molar-refractivity contribution < 1.29 is 22.4 Å². The summed E-state index contributed by atoms with van der Waals surface area (Å²) in [4.78, 5) is 14.9. The number of hydrogen-bond acceptors (Lipinski definition) is 2. The minimum Gasteiger partial charge on any atom is -0.361 e. The van der Waals surface area contributed by atoms with Crippen LogP contribution in [-0.2, 0) is 7.05 Å². The van der Waals surface area contributed by atoms with Crippen LogP contribution in [0.3, 0.4) is 0 Å². The number of hydrogen-bond donors (Lipinski definition) is 2. The molecular formula is C16H14F4N4O. The van der Waals surface area contributed by atoms with Gasteiger partial charge < -0.3 is 10.3 Å². The third kappa shape index (κ3) is 3.09. The topological polar surface area (TPSA) is 62.7 Å². The van der Waals surface area contributed by atoms with Crippen molar-refractivity contribution in [2.45, 2.75) is 19.1 Å². The van der Waals surface area contributed by atoms with Crippen LogP contribution >= 0.6 is 0 Å². The number of carbonyl (C=O) groups is 1. The zero-order valence-electron chi connectivity index (χ0n) is 13.3. The van der Waals surface area contributed by atoms with Gasteiger partial charge in [0.2, 0.25) is 0 Å². The van der Waals surface area contributed by atoms with Gasteiger partial charge in [0.25, 0.3) is 5.91 Å². The SMILES string of the molecule is Cc1cn(C)nc1C(=O)NC(c1c[nH]c2cccc(F)c12)C(F)(F)F. The highest BCUT2D eigenvalue weighted by Crippen LogP contribution is 2.37. The first-order valence-electron chi connectivity index (χ1n) is 7.32. The van der Waals surface area contributed by atoms with Crippen molar-refractivity contribution >= 4 is 16.8 Å². The summed E-state index contributed by atoms with van der Waals surface area (Å²) in [6.45, 7) is 1.57. The molecule has 2 N–H and O–H groups in total. The Morgan fingerprint density at radius 3 is 2.68 bits per heavy atom. The minimum atomic E-state index is -4.81. The van der Waals surface area contributed by atoms with Crippen molar-refractivity contribution in [2.24, 2.45) is 7.05 Å². The fraction of sp³-hybridized carbons (Fsp3) is 0.250. The van der Waals surface area contributed by atoms with E-state index >= 15 is 0 Å². The van der Waals surface area contributed by atoms with E-state index in [0.717, 1.165) is 12.3 Å². The van der Waals surface area contributed by atoms with E-state index in [1.165, 1.54) is 23.0 Å². The van der Waals surface area contributed by atoms with Crippen LogP contribution in [0.5, 0.6) is 0 Å². The highest BCUT2D eigenvalue weighted by atomic mass is 19.4. The molecule has 5 nitrogen and oxygen atoms in total. The van der Waals surface area contributed by atoms with Crippen molar-refractivity contribution in [3.8, 4) is 0 Å². The van der Waals surface area contributed by atoms with E-state index in [9.17, 15) is 22.4 Å². The van der Waals surface area contributed by atoms with E-state index in [-0.39, 0.29) is 22.2 Å². The summed E-state index contributed by atoms with van der Waals surface area (Å²) in [5, 5.41) is 5.58. The maximum Gasteiger partial charge on any atom is 0.412 e. The maximum absolute atomic E-state index is 14.0. The molecule has 3 aromatic rings. The van der Waals surface area contributed by atoms with Gasteiger partial charge in [-0.25, -0.2) is 4.39 Å². The Hall–Kier alpha value is -2.84. The van der Waals surface area contributed by atoms with Gasteiger partial charge in [0.1, 0.15) is 5.82 Å². The Morgan fingerprint density at radius 2 is 2.08 bits per heavy atom. The Morgan fingerprint density at radius 1 is 1.36 bits per heavy atom. The molecule has 2 aromatic heterocycles. The van der Waals surface area contributed by atoms with E-state index in [0.29, 0.717) is 5.56 Å². The predicted molar refractivity (Wildman–Crippen MR) is 82.5 cm³/mol. The van der Waals surface area contributed by atoms with Crippen molar-refractivity contribution in [1.29, 1.82) is 0 Å². The third-order valence-electron chi connectivity index (χ3n) is 3.83. The van der Waals surface area contributed by atoms with Gasteiger partial charge in [-0.1, -0.05) is 6.07 Å². The second kappa shape index (κ2) is 5.91. The number of carbonyl (C=O) groups excluding carboxylic acids is 1. The number of nitrogens with zero attached hydrogens (tertiary/aromatic N) is 2. The van der Waals surface area contributed by atoms with Crippen LogP contribution in [0.15, 0.2) is 30.6 Å². The Balaban J connectivity index is 2.04. The zero-order chi connectivity index (χ0) is 18.4. The molecule has 0 aliphatic heterocycles. The quantitative estimate of drug-likeness (QED) is 0.709. The van der Waals surface area contributed by atoms with Gasteiger partial charge in [-0.2, -0.15) is 18.3 Å². The molecule has 2 heterocycles. The first-order chi connectivity index (χ1) is 11.7. The summed E-state index contributed by atoms with van der Waals surface area (Å²) in [5.41, 5.74) is 0.151. The zero-order valence-corrected chi connectivity index (χ0v) is 13.3. The number of alkyl halides is 3. The molecule has 25 heavy (non-hydrogen) atoms. The summed E-state index contributed by atoms with van der Waals surface area (Å²) >= 11 is 0. The second-order valence-corrected chi connectivity index (χ2v) is 5.69. The number of halogens is 4. The van der Waals surface area contributed by atoms with E-state index in [4.69, 9.17) is 0 Å². The van der Waals surface area contributed by atoms with Crippen molar-refractivity contribution in [1.82, 2.24) is 20.1 Å². The smallest absolute Gasteiger partial charge is 0.361 e. The number of aromatic amines is 1. The van der Waals surface area contributed by atoms with E-state index in [1.807, 2.05) is 5.32 Å². The van der Waals surface area contributed by atoms with Crippen molar-refractivity contribution in [3.05, 3.63) is 53.2 Å². The van der Waals surface area contributed by atoms with E-state index in [2.05, 4.69) is 10.1 Å².